The fourth-order valence-electron chi connectivity index (χ4n) is 9.86. The Bertz CT molecular complexity index is 3670. The zero-order chi connectivity index (χ0) is 50.4. The van der Waals surface area contributed by atoms with Crippen LogP contribution < -0.4 is 9.80 Å². The first kappa shape index (κ1) is 45.0. The van der Waals surface area contributed by atoms with Gasteiger partial charge in [-0.05, 0) is 121 Å². The van der Waals surface area contributed by atoms with Crippen LogP contribution in [0, 0.1) is 0 Å². The Hall–Kier alpha value is -9.62. The monoisotopic (exact) mass is 1010 g/mol. The van der Waals surface area contributed by atoms with E-state index in [4.69, 9.17) is 29.9 Å². The van der Waals surface area contributed by atoms with Crippen LogP contribution in [0.15, 0.2) is 263 Å². The van der Waals surface area contributed by atoms with Gasteiger partial charge in [-0.15, -0.1) is 0 Å². The topological polar surface area (TPSA) is 110 Å². The maximum absolute atomic E-state index is 5.29. The van der Waals surface area contributed by atoms with Gasteiger partial charge in [0.2, 0.25) is 0 Å². The van der Waals surface area contributed by atoms with Gasteiger partial charge in [0.1, 0.15) is 0 Å². The lowest BCUT2D eigenvalue weighted by molar-refractivity contribution is 1.14. The SMILES string of the molecule is c1ccc(-c2cc(-c3cccnc3)nc(-c3ccc(-c4ccc(-c5nc(-c6cccnc6)cc(-c6ccccn6)n5)cc4N4c5ccccc5Sc5ccccc54)c(N4c5ccccc5Sc5ccccc54)c3)n2)nc1. The van der Waals surface area contributed by atoms with Crippen LogP contribution in [-0.2, 0) is 0 Å². The zero-order valence-electron chi connectivity index (χ0n) is 40.4. The summed E-state index contributed by atoms with van der Waals surface area (Å²) in [6.07, 6.45) is 10.8. The summed E-state index contributed by atoms with van der Waals surface area (Å²) >= 11 is 3.56. The van der Waals surface area contributed by atoms with E-state index in [9.17, 15) is 0 Å². The molecule has 10 nitrogen and oxygen atoms in total. The van der Waals surface area contributed by atoms with Gasteiger partial charge in [-0.1, -0.05) is 108 Å². The van der Waals surface area contributed by atoms with Crippen LogP contribution in [0.4, 0.5) is 34.1 Å². The van der Waals surface area contributed by atoms with E-state index in [-0.39, 0.29) is 0 Å². The number of aromatic nitrogens is 8. The molecule has 0 fully saturated rings. The van der Waals surface area contributed by atoms with E-state index in [1.165, 1.54) is 0 Å². The number of pyridine rings is 4. The van der Waals surface area contributed by atoms with Crippen LogP contribution >= 0.6 is 23.5 Å². The van der Waals surface area contributed by atoms with E-state index in [1.54, 1.807) is 48.3 Å². The lowest BCUT2D eigenvalue weighted by Crippen LogP contribution is -2.18. The Kier molecular flexibility index (Phi) is 11.5. The first-order valence-electron chi connectivity index (χ1n) is 24.7. The average Bonchev–Trinajstić information content (AvgIpc) is 3.58. The van der Waals surface area contributed by atoms with E-state index in [0.717, 1.165) is 110 Å². The highest BCUT2D eigenvalue weighted by Gasteiger charge is 2.31. The van der Waals surface area contributed by atoms with Gasteiger partial charge in [-0.2, -0.15) is 0 Å². The number of nitrogens with zero attached hydrogens (tertiary/aromatic N) is 10. The van der Waals surface area contributed by atoms with Gasteiger partial charge < -0.3 is 9.80 Å². The smallest absolute Gasteiger partial charge is 0.160 e. The van der Waals surface area contributed by atoms with Crippen LogP contribution in [0.1, 0.15) is 0 Å². The summed E-state index contributed by atoms with van der Waals surface area (Å²) in [6.45, 7) is 0. The standard InChI is InChI=1S/C64H40N10S2/c1-5-23-59-53(19-1)73(54-20-2-6-24-60(54)75-59)57-35-41(63-69-49(43-15-13-31-65-39-43)37-51(71-63)47-17-9-11-33-67-47)27-29-45(57)46-30-28-42(36-58(46)74-55-21-3-7-25-61(55)76-62-26-8-4-22-56(62)74)64-70-50(44-16-14-32-66-40-44)38-52(72-64)48-18-10-12-34-68-48/h1-40H. The number of para-hydroxylation sites is 4. The Morgan fingerprint density at radius 1 is 0.276 bits per heavy atom. The molecule has 12 aromatic rings. The minimum absolute atomic E-state index is 0.559. The molecule has 0 saturated heterocycles. The van der Waals surface area contributed by atoms with Crippen molar-refractivity contribution in [1.29, 1.82) is 0 Å². The van der Waals surface area contributed by atoms with Crippen LogP contribution in [0.2, 0.25) is 0 Å². The van der Waals surface area contributed by atoms with Crippen molar-refractivity contribution in [2.75, 3.05) is 9.80 Å². The van der Waals surface area contributed by atoms with E-state index in [0.29, 0.717) is 23.0 Å². The fraction of sp³-hybridized carbons (Fsp3) is 0. The summed E-state index contributed by atoms with van der Waals surface area (Å²) in [6, 6.07) is 71.4. The minimum atomic E-state index is 0.559. The zero-order valence-corrected chi connectivity index (χ0v) is 42.0. The summed E-state index contributed by atoms with van der Waals surface area (Å²) in [4.78, 5) is 48.9. The van der Waals surface area contributed by atoms with Crippen molar-refractivity contribution in [3.8, 4) is 79.2 Å². The molecule has 0 spiro atoms. The Balaban J connectivity index is 1.05. The van der Waals surface area contributed by atoms with Gasteiger partial charge in [0.05, 0.1) is 68.3 Å². The molecule has 0 amide bonds. The van der Waals surface area contributed by atoms with Crippen LogP contribution in [-0.4, -0.2) is 39.9 Å². The molecule has 6 aromatic heterocycles. The molecule has 76 heavy (non-hydrogen) atoms. The van der Waals surface area contributed by atoms with E-state index < -0.39 is 0 Å². The maximum atomic E-state index is 5.29. The molecule has 358 valence electrons. The molecule has 0 unspecified atom stereocenters. The highest BCUT2D eigenvalue weighted by molar-refractivity contribution is 8.00. The second-order valence-electron chi connectivity index (χ2n) is 18.0. The Morgan fingerprint density at radius 3 is 1.03 bits per heavy atom. The normalized spacial score (nSPS) is 12.3. The van der Waals surface area contributed by atoms with Crippen molar-refractivity contribution in [2.45, 2.75) is 19.6 Å². The molecule has 6 aromatic carbocycles. The molecule has 0 bridgehead atoms. The van der Waals surface area contributed by atoms with Gasteiger partial charge in [-0.3, -0.25) is 19.9 Å². The van der Waals surface area contributed by atoms with Crippen LogP contribution in [0.25, 0.3) is 79.2 Å². The van der Waals surface area contributed by atoms with Crippen LogP contribution in [0.5, 0.6) is 0 Å². The number of hydrogen-bond donors (Lipinski definition) is 0. The van der Waals surface area contributed by atoms with Crippen LogP contribution in [0.3, 0.4) is 0 Å². The number of hydrogen-bond acceptors (Lipinski definition) is 12. The summed E-state index contributed by atoms with van der Waals surface area (Å²) in [5.74, 6) is 1.12. The van der Waals surface area contributed by atoms with E-state index in [2.05, 4.69) is 153 Å². The highest BCUT2D eigenvalue weighted by atomic mass is 32.2. The van der Waals surface area contributed by atoms with Crippen molar-refractivity contribution in [1.82, 2.24) is 39.9 Å². The van der Waals surface area contributed by atoms with Crippen molar-refractivity contribution in [3.05, 3.63) is 243 Å². The predicted molar refractivity (Wildman–Crippen MR) is 304 cm³/mol. The molecule has 0 aliphatic carbocycles. The van der Waals surface area contributed by atoms with Crippen molar-refractivity contribution in [2.24, 2.45) is 0 Å². The number of benzene rings is 6. The molecular formula is C64H40N10S2. The first-order chi connectivity index (χ1) is 37.7. The lowest BCUT2D eigenvalue weighted by Gasteiger charge is -2.36. The van der Waals surface area contributed by atoms with E-state index in [1.807, 2.05) is 85.2 Å². The molecule has 8 heterocycles. The molecule has 0 saturated carbocycles. The second kappa shape index (κ2) is 19.3. The summed E-state index contributed by atoms with van der Waals surface area (Å²) in [5.41, 5.74) is 15.9. The molecule has 2 aliphatic heterocycles. The molecule has 0 N–H and O–H groups in total. The number of anilines is 6. The lowest BCUT2D eigenvalue weighted by atomic mass is 9.95. The Labute approximate surface area is 447 Å². The van der Waals surface area contributed by atoms with Gasteiger partial charge in [0.15, 0.2) is 11.6 Å². The third-order valence-electron chi connectivity index (χ3n) is 13.4. The summed E-state index contributed by atoms with van der Waals surface area (Å²) in [7, 11) is 0. The first-order valence-corrected chi connectivity index (χ1v) is 26.3. The van der Waals surface area contributed by atoms with Crippen molar-refractivity contribution < 1.29 is 0 Å². The van der Waals surface area contributed by atoms with Gasteiger partial charge >= 0.3 is 0 Å². The molecule has 12 heteroatoms. The quantitative estimate of drug-likeness (QED) is 0.137. The Morgan fingerprint density at radius 2 is 0.658 bits per heavy atom. The predicted octanol–water partition coefficient (Wildman–Crippen LogP) is 16.4. The third-order valence-corrected chi connectivity index (χ3v) is 15.6. The van der Waals surface area contributed by atoms with Gasteiger partial charge in [-0.25, -0.2) is 19.9 Å². The molecule has 0 atom stereocenters. The minimum Gasteiger partial charge on any atom is -0.308 e. The average molecular weight is 1010 g/mol. The summed E-state index contributed by atoms with van der Waals surface area (Å²) < 4.78 is 0. The van der Waals surface area contributed by atoms with Crippen molar-refractivity contribution in [3.63, 3.8) is 0 Å². The summed E-state index contributed by atoms with van der Waals surface area (Å²) in [5, 5.41) is 0. The molecular weight excluding hydrogens is 973 g/mol. The maximum Gasteiger partial charge on any atom is 0.160 e. The fourth-order valence-corrected chi connectivity index (χ4v) is 12.0. The molecule has 0 radical (unpaired) electrons. The highest BCUT2D eigenvalue weighted by Crippen LogP contribution is 2.57. The van der Waals surface area contributed by atoms with Gasteiger partial charge in [0, 0.05) is 90.1 Å². The van der Waals surface area contributed by atoms with Crippen molar-refractivity contribution >= 4 is 57.6 Å². The second-order valence-corrected chi connectivity index (χ2v) is 20.2. The molecule has 2 aliphatic rings. The molecule has 14 rings (SSSR count). The largest absolute Gasteiger partial charge is 0.308 e. The van der Waals surface area contributed by atoms with Gasteiger partial charge in [0.25, 0.3) is 0 Å². The van der Waals surface area contributed by atoms with E-state index >= 15 is 0 Å². The number of fused-ring (bicyclic) bond motifs is 4. The third kappa shape index (κ3) is 8.31. The number of rotatable bonds is 9.